The van der Waals surface area contributed by atoms with E-state index in [-0.39, 0.29) is 19.4 Å². The molecule has 4 N–H and O–H groups in total. The van der Waals surface area contributed by atoms with Gasteiger partial charge in [0.2, 0.25) is 0 Å². The third-order valence-electron chi connectivity index (χ3n) is 11.0. The van der Waals surface area contributed by atoms with Crippen LogP contribution < -0.4 is 5.73 Å². The second kappa shape index (κ2) is 43.9. The fraction of sp³-hybridized carbons (Fsp3) is 0.896. The number of rotatable bonds is 47. The van der Waals surface area contributed by atoms with Crippen molar-refractivity contribution in [2.24, 2.45) is 5.73 Å². The summed E-state index contributed by atoms with van der Waals surface area (Å²) in [5.41, 5.74) is 5.35. The van der Waals surface area contributed by atoms with Crippen molar-refractivity contribution in [3.05, 3.63) is 12.2 Å². The number of phosphoric acid groups is 1. The van der Waals surface area contributed by atoms with Crippen LogP contribution in [0.15, 0.2) is 12.2 Å². The number of nitrogens with two attached hydrogens (primary N) is 1. The van der Waals surface area contributed by atoms with Gasteiger partial charge in [-0.3, -0.25) is 23.4 Å². The summed E-state index contributed by atoms with van der Waals surface area (Å²) >= 11 is 0. The SMILES string of the molecule is CCCC/C=C/CCCCCCCCCCCC(=O)OC[C@@H](COP(=O)(O)OC[C@H](N)C(=O)O)OC(=O)CCCCCCCCCCCCCCCCCCCCCCC. The van der Waals surface area contributed by atoms with Crippen LogP contribution in [0.3, 0.4) is 0 Å². The van der Waals surface area contributed by atoms with Crippen LogP contribution in [0, 0.1) is 0 Å². The number of ether oxygens (including phenoxy) is 2. The quantitative estimate of drug-likeness (QED) is 0.0230. The average Bonchev–Trinajstić information content (AvgIpc) is 3.22. The van der Waals surface area contributed by atoms with Crippen molar-refractivity contribution in [3.63, 3.8) is 0 Å². The van der Waals surface area contributed by atoms with Crippen LogP contribution in [-0.4, -0.2) is 59.9 Å². The van der Waals surface area contributed by atoms with Crippen molar-refractivity contribution in [2.45, 2.75) is 257 Å². The number of unbranched alkanes of at least 4 members (excludes halogenated alkanes) is 31. The number of carbonyl (C=O) groups is 3. The predicted octanol–water partition coefficient (Wildman–Crippen LogP) is 13.6. The Morgan fingerprint density at radius 1 is 0.500 bits per heavy atom. The van der Waals surface area contributed by atoms with Gasteiger partial charge in [0.05, 0.1) is 13.2 Å². The van der Waals surface area contributed by atoms with E-state index in [1.54, 1.807) is 0 Å². The van der Waals surface area contributed by atoms with E-state index >= 15 is 0 Å². The molecule has 3 atom stereocenters. The molecule has 0 aromatic heterocycles. The number of hydrogen-bond acceptors (Lipinski definition) is 9. The van der Waals surface area contributed by atoms with Crippen molar-refractivity contribution >= 4 is 25.7 Å². The number of carboxylic acids is 1. The Hall–Kier alpha value is -1.78. The molecule has 0 spiro atoms. The molecule has 0 aromatic rings. The second-order valence-corrected chi connectivity index (χ2v) is 18.4. The standard InChI is InChI=1S/C48H92NO10P/c1-3-5-7-9-11-13-15-17-19-20-21-22-23-24-26-28-30-32-34-36-38-40-47(51)59-44(42-57-60(54,55)58-43-45(49)48(52)53)41-56-46(50)39-37-35-33-31-29-27-25-18-16-14-12-10-8-6-4-2/h10,12,44-45H,3-9,11,13-43,49H2,1-2H3,(H,52,53)(H,54,55)/b12-10+/t44-,45-/m0/s1. The molecule has 0 rings (SSSR count). The zero-order chi connectivity index (χ0) is 44.2. The normalized spacial score (nSPS) is 13.7. The zero-order valence-electron chi connectivity index (χ0n) is 38.6. The van der Waals surface area contributed by atoms with Gasteiger partial charge in [0, 0.05) is 12.8 Å². The highest BCUT2D eigenvalue weighted by molar-refractivity contribution is 7.47. The highest BCUT2D eigenvalue weighted by Crippen LogP contribution is 2.43. The molecule has 0 aromatic carbocycles. The molecule has 1 unspecified atom stereocenters. The number of hydrogen-bond donors (Lipinski definition) is 3. The van der Waals surface area contributed by atoms with Crippen molar-refractivity contribution in [1.29, 1.82) is 0 Å². The van der Waals surface area contributed by atoms with Gasteiger partial charge in [0.25, 0.3) is 0 Å². The molecule has 0 fully saturated rings. The highest BCUT2D eigenvalue weighted by Gasteiger charge is 2.28. The third kappa shape index (κ3) is 42.9. The largest absolute Gasteiger partial charge is 0.480 e. The minimum absolute atomic E-state index is 0.167. The lowest BCUT2D eigenvalue weighted by Gasteiger charge is -2.20. The number of allylic oxidation sites excluding steroid dienone is 2. The van der Waals surface area contributed by atoms with Gasteiger partial charge in [-0.05, 0) is 32.1 Å². The molecule has 0 bridgehead atoms. The monoisotopic (exact) mass is 874 g/mol. The summed E-state index contributed by atoms with van der Waals surface area (Å²) in [6.45, 7) is 2.82. The molecule has 0 aliphatic heterocycles. The molecule has 11 nitrogen and oxygen atoms in total. The first-order chi connectivity index (χ1) is 29.1. The third-order valence-corrected chi connectivity index (χ3v) is 12.0. The highest BCUT2D eigenvalue weighted by atomic mass is 31.2. The van der Waals surface area contributed by atoms with Gasteiger partial charge in [0.15, 0.2) is 6.10 Å². The Morgan fingerprint density at radius 2 is 0.850 bits per heavy atom. The van der Waals surface area contributed by atoms with E-state index in [1.807, 2.05) is 0 Å². The van der Waals surface area contributed by atoms with Crippen molar-refractivity contribution < 1.29 is 47.5 Å². The van der Waals surface area contributed by atoms with Gasteiger partial charge >= 0.3 is 25.7 Å². The van der Waals surface area contributed by atoms with E-state index in [1.165, 1.54) is 167 Å². The lowest BCUT2D eigenvalue weighted by molar-refractivity contribution is -0.161. The van der Waals surface area contributed by atoms with E-state index in [4.69, 9.17) is 24.8 Å². The van der Waals surface area contributed by atoms with Crippen LogP contribution in [0.4, 0.5) is 0 Å². The van der Waals surface area contributed by atoms with E-state index in [9.17, 15) is 23.8 Å². The van der Waals surface area contributed by atoms with Crippen LogP contribution in [0.25, 0.3) is 0 Å². The molecule has 0 saturated carbocycles. The van der Waals surface area contributed by atoms with Crippen molar-refractivity contribution in [1.82, 2.24) is 0 Å². The van der Waals surface area contributed by atoms with Gasteiger partial charge in [-0.25, -0.2) is 4.57 Å². The summed E-state index contributed by atoms with van der Waals surface area (Å²) in [7, 11) is -4.71. The Labute approximate surface area is 367 Å². The maximum absolute atomic E-state index is 12.7. The fourth-order valence-electron chi connectivity index (χ4n) is 7.11. The Balaban J connectivity index is 4.21. The maximum Gasteiger partial charge on any atom is 0.472 e. The zero-order valence-corrected chi connectivity index (χ0v) is 39.5. The fourth-order valence-corrected chi connectivity index (χ4v) is 7.89. The first kappa shape index (κ1) is 58.2. The van der Waals surface area contributed by atoms with Crippen LogP contribution in [-0.2, 0) is 37.5 Å². The first-order valence-corrected chi connectivity index (χ1v) is 26.2. The van der Waals surface area contributed by atoms with Crippen molar-refractivity contribution in [3.8, 4) is 0 Å². The van der Waals surface area contributed by atoms with E-state index < -0.39 is 51.1 Å². The van der Waals surface area contributed by atoms with Crippen LogP contribution in [0.2, 0.25) is 0 Å². The average molecular weight is 874 g/mol. The Bertz CT molecular complexity index is 1070. The first-order valence-electron chi connectivity index (χ1n) is 24.7. The topological polar surface area (TPSA) is 172 Å². The second-order valence-electron chi connectivity index (χ2n) is 17.0. The summed E-state index contributed by atoms with van der Waals surface area (Å²) in [6.07, 6.45) is 45.6. The number of carbonyl (C=O) groups excluding carboxylic acids is 2. The Morgan fingerprint density at radius 3 is 1.27 bits per heavy atom. The van der Waals surface area contributed by atoms with Crippen LogP contribution in [0.5, 0.6) is 0 Å². The predicted molar refractivity (Wildman–Crippen MR) is 245 cm³/mol. The molecule has 0 aliphatic rings. The molecule has 0 radical (unpaired) electrons. The smallest absolute Gasteiger partial charge is 0.472 e. The van der Waals surface area contributed by atoms with Gasteiger partial charge in [0.1, 0.15) is 12.6 Å². The minimum Gasteiger partial charge on any atom is -0.480 e. The van der Waals surface area contributed by atoms with E-state index in [0.717, 1.165) is 38.5 Å². The molecule has 354 valence electrons. The summed E-state index contributed by atoms with van der Waals surface area (Å²) < 4.78 is 32.8. The summed E-state index contributed by atoms with van der Waals surface area (Å²) in [5, 5.41) is 8.91. The number of carboxylic acid groups (broad SMARTS) is 1. The number of aliphatic carboxylic acids is 1. The van der Waals surface area contributed by atoms with Gasteiger partial charge in [-0.15, -0.1) is 0 Å². The van der Waals surface area contributed by atoms with Crippen molar-refractivity contribution in [2.75, 3.05) is 19.8 Å². The molecule has 0 aliphatic carbocycles. The molecule has 60 heavy (non-hydrogen) atoms. The van der Waals surface area contributed by atoms with E-state index in [2.05, 4.69) is 30.5 Å². The van der Waals surface area contributed by atoms with Gasteiger partial charge < -0.3 is 25.2 Å². The van der Waals surface area contributed by atoms with Crippen LogP contribution >= 0.6 is 7.82 Å². The molecule has 12 heteroatoms. The maximum atomic E-state index is 12.7. The lowest BCUT2D eigenvalue weighted by atomic mass is 10.0. The summed E-state index contributed by atoms with van der Waals surface area (Å²) in [4.78, 5) is 46.1. The molecule has 0 heterocycles. The van der Waals surface area contributed by atoms with E-state index in [0.29, 0.717) is 12.8 Å². The van der Waals surface area contributed by atoms with Gasteiger partial charge in [-0.2, -0.15) is 0 Å². The molecule has 0 saturated heterocycles. The van der Waals surface area contributed by atoms with Crippen LogP contribution in [0.1, 0.15) is 245 Å². The molecular formula is C48H92NO10P. The molecular weight excluding hydrogens is 781 g/mol. The summed E-state index contributed by atoms with van der Waals surface area (Å²) in [5.74, 6) is -2.36. The number of esters is 2. The van der Waals surface area contributed by atoms with Gasteiger partial charge in [-0.1, -0.05) is 212 Å². The summed E-state index contributed by atoms with van der Waals surface area (Å²) in [6, 6.07) is -1.52. The lowest BCUT2D eigenvalue weighted by Crippen LogP contribution is -2.34. The number of phosphoric ester groups is 1. The molecule has 0 amide bonds. The Kier molecular flexibility index (Phi) is 42.6. The minimum atomic E-state index is -4.71.